The third-order valence-electron chi connectivity index (χ3n) is 5.07. The van der Waals surface area contributed by atoms with E-state index in [2.05, 4.69) is 5.32 Å². The number of carbonyl (C=O) groups excluding carboxylic acids is 3. The van der Waals surface area contributed by atoms with E-state index in [0.29, 0.717) is 32.0 Å². The van der Waals surface area contributed by atoms with Crippen LogP contribution in [0.4, 0.5) is 10.5 Å². The molecule has 1 aliphatic heterocycles. The highest BCUT2D eigenvalue weighted by molar-refractivity contribution is 8.18. The van der Waals surface area contributed by atoms with E-state index in [1.54, 1.807) is 48.5 Å². The van der Waals surface area contributed by atoms with Gasteiger partial charge in [-0.2, -0.15) is 0 Å². The lowest BCUT2D eigenvalue weighted by molar-refractivity contribution is -0.123. The molecule has 1 fully saturated rings. The molecule has 9 heteroatoms. The van der Waals surface area contributed by atoms with Gasteiger partial charge in [-0.1, -0.05) is 53.5 Å². The highest BCUT2D eigenvalue weighted by Crippen LogP contribution is 2.34. The number of hydrogen-bond acceptors (Lipinski definition) is 5. The first kappa shape index (κ1) is 24.9. The quantitative estimate of drug-likeness (QED) is 0.353. The topological polar surface area (TPSA) is 75.7 Å². The lowest BCUT2D eigenvalue weighted by Gasteiger charge is -2.13. The zero-order valence-corrected chi connectivity index (χ0v) is 20.9. The Balaban J connectivity index is 1.35. The number of rotatable bonds is 7. The summed E-state index contributed by atoms with van der Waals surface area (Å²) in [5.41, 5.74) is 3.11. The zero-order chi connectivity index (χ0) is 24.9. The van der Waals surface area contributed by atoms with Gasteiger partial charge in [0.2, 0.25) is 0 Å². The molecule has 6 nitrogen and oxygen atoms in total. The van der Waals surface area contributed by atoms with Gasteiger partial charge in [0.15, 0.2) is 6.61 Å². The van der Waals surface area contributed by atoms with Crippen LogP contribution >= 0.6 is 35.0 Å². The Bertz CT molecular complexity index is 1330. The maximum atomic E-state index is 12.8. The first-order valence-corrected chi connectivity index (χ1v) is 12.1. The van der Waals surface area contributed by atoms with Gasteiger partial charge in [0.25, 0.3) is 17.1 Å². The van der Waals surface area contributed by atoms with E-state index < -0.39 is 0 Å². The minimum atomic E-state index is -0.390. The van der Waals surface area contributed by atoms with Crippen LogP contribution in [0.5, 0.6) is 5.75 Å². The Labute approximate surface area is 216 Å². The lowest BCUT2D eigenvalue weighted by atomic mass is 10.2. The molecule has 0 unspecified atom stereocenters. The molecular formula is C26H20Cl2N2O4S. The number of hydrogen-bond donors (Lipinski definition) is 1. The second-order valence-corrected chi connectivity index (χ2v) is 9.62. The van der Waals surface area contributed by atoms with E-state index in [9.17, 15) is 14.4 Å². The van der Waals surface area contributed by atoms with E-state index in [-0.39, 0.29) is 30.2 Å². The lowest BCUT2D eigenvalue weighted by Crippen LogP contribution is -2.27. The molecule has 178 valence electrons. The molecule has 3 amide bonds. The summed E-state index contributed by atoms with van der Waals surface area (Å²) >= 11 is 13.0. The molecule has 0 radical (unpaired) electrons. The fraction of sp³-hybridized carbons (Fsp3) is 0.115. The predicted molar refractivity (Wildman–Crippen MR) is 140 cm³/mol. The Morgan fingerprint density at radius 2 is 1.83 bits per heavy atom. The summed E-state index contributed by atoms with van der Waals surface area (Å²) in [5.74, 6) is -0.152. The molecule has 0 atom stereocenters. The smallest absolute Gasteiger partial charge is 0.293 e. The van der Waals surface area contributed by atoms with Crippen LogP contribution < -0.4 is 10.1 Å². The largest absolute Gasteiger partial charge is 0.484 e. The molecule has 0 aromatic heterocycles. The van der Waals surface area contributed by atoms with Crippen molar-refractivity contribution in [2.24, 2.45) is 0 Å². The van der Waals surface area contributed by atoms with Crippen molar-refractivity contribution < 1.29 is 19.1 Å². The number of nitrogens with one attached hydrogen (secondary N) is 1. The Morgan fingerprint density at radius 3 is 2.54 bits per heavy atom. The molecule has 1 N–H and O–H groups in total. The van der Waals surface area contributed by atoms with Crippen LogP contribution in [0.3, 0.4) is 0 Å². The number of benzene rings is 3. The number of ether oxygens (including phenoxy) is 1. The van der Waals surface area contributed by atoms with Crippen molar-refractivity contribution in [3.05, 3.63) is 98.4 Å². The number of imide groups is 1. The average Bonchev–Trinajstić information content (AvgIpc) is 3.07. The predicted octanol–water partition coefficient (Wildman–Crippen LogP) is 6.56. The summed E-state index contributed by atoms with van der Waals surface area (Å²) in [5, 5.41) is 3.29. The van der Waals surface area contributed by atoms with Crippen molar-refractivity contribution in [3.8, 4) is 5.75 Å². The number of nitrogens with zero attached hydrogens (tertiary/aromatic N) is 1. The average molecular weight is 527 g/mol. The Kier molecular flexibility index (Phi) is 7.80. The molecule has 1 aliphatic rings. The summed E-state index contributed by atoms with van der Waals surface area (Å²) in [7, 11) is 0. The molecule has 4 rings (SSSR count). The second kappa shape index (κ2) is 11.0. The Hall–Kier alpha value is -3.26. The monoisotopic (exact) mass is 526 g/mol. The van der Waals surface area contributed by atoms with Crippen LogP contribution in [0.1, 0.15) is 16.7 Å². The third kappa shape index (κ3) is 6.45. The van der Waals surface area contributed by atoms with Crippen molar-refractivity contribution in [2.45, 2.75) is 13.5 Å². The van der Waals surface area contributed by atoms with E-state index in [1.807, 2.05) is 31.2 Å². The normalized spacial score (nSPS) is 14.5. The maximum absolute atomic E-state index is 12.8. The zero-order valence-electron chi connectivity index (χ0n) is 18.6. The first-order valence-electron chi connectivity index (χ1n) is 10.6. The molecule has 35 heavy (non-hydrogen) atoms. The maximum Gasteiger partial charge on any atom is 0.293 e. The number of aryl methyl sites for hydroxylation is 1. The third-order valence-corrected chi connectivity index (χ3v) is 6.56. The summed E-state index contributed by atoms with van der Waals surface area (Å²) in [6, 6.07) is 19.3. The van der Waals surface area contributed by atoms with Crippen molar-refractivity contribution in [3.63, 3.8) is 0 Å². The van der Waals surface area contributed by atoms with Gasteiger partial charge in [0.1, 0.15) is 5.75 Å². The highest BCUT2D eigenvalue weighted by atomic mass is 35.5. The minimum absolute atomic E-state index is 0.0649. The molecule has 1 heterocycles. The van der Waals surface area contributed by atoms with Crippen LogP contribution in [0.25, 0.3) is 6.08 Å². The summed E-state index contributed by atoms with van der Waals surface area (Å²) in [4.78, 5) is 38.8. The van der Waals surface area contributed by atoms with Crippen LogP contribution in [0, 0.1) is 6.92 Å². The molecule has 0 aliphatic carbocycles. The van der Waals surface area contributed by atoms with E-state index in [1.165, 1.54) is 0 Å². The van der Waals surface area contributed by atoms with Crippen LogP contribution in [-0.2, 0) is 16.1 Å². The standard InChI is InChI=1S/C26H20Cl2N2O4S/c1-16-3-2-4-20(11-16)29-24(31)15-34-21-9-5-17(6-10-21)12-23-25(32)30(26(33)35-23)14-18-7-8-19(27)13-22(18)28/h2-13H,14-15H2,1H3,(H,29,31)/b23-12-. The highest BCUT2D eigenvalue weighted by Gasteiger charge is 2.35. The molecule has 3 aromatic carbocycles. The Morgan fingerprint density at radius 1 is 1.06 bits per heavy atom. The number of thioether (sulfide) groups is 1. The molecule has 0 spiro atoms. The molecule has 0 bridgehead atoms. The summed E-state index contributed by atoms with van der Waals surface area (Å²) in [6.45, 7) is 1.87. The van der Waals surface area contributed by atoms with E-state index in [4.69, 9.17) is 27.9 Å². The number of carbonyl (C=O) groups is 3. The van der Waals surface area contributed by atoms with E-state index >= 15 is 0 Å². The van der Waals surface area contributed by atoms with Gasteiger partial charge in [0.05, 0.1) is 11.4 Å². The van der Waals surface area contributed by atoms with Crippen molar-refractivity contribution in [2.75, 3.05) is 11.9 Å². The van der Waals surface area contributed by atoms with Gasteiger partial charge in [-0.3, -0.25) is 19.3 Å². The van der Waals surface area contributed by atoms with Gasteiger partial charge in [-0.05, 0) is 77.9 Å². The molecular weight excluding hydrogens is 507 g/mol. The van der Waals surface area contributed by atoms with Gasteiger partial charge < -0.3 is 10.1 Å². The summed E-state index contributed by atoms with van der Waals surface area (Å²) in [6.07, 6.45) is 1.64. The SMILES string of the molecule is Cc1cccc(NC(=O)COc2ccc(/C=C3\SC(=O)N(Cc4ccc(Cl)cc4Cl)C3=O)cc2)c1. The van der Waals surface area contributed by atoms with Crippen molar-refractivity contribution >= 4 is 63.8 Å². The number of anilines is 1. The fourth-order valence-corrected chi connectivity index (χ4v) is 4.64. The van der Waals surface area contributed by atoms with E-state index in [0.717, 1.165) is 27.8 Å². The molecule has 1 saturated heterocycles. The summed E-state index contributed by atoms with van der Waals surface area (Å²) < 4.78 is 5.55. The molecule has 0 saturated carbocycles. The second-order valence-electron chi connectivity index (χ2n) is 7.78. The van der Waals surface area contributed by atoms with Gasteiger partial charge in [-0.15, -0.1) is 0 Å². The van der Waals surface area contributed by atoms with Crippen molar-refractivity contribution in [1.29, 1.82) is 0 Å². The minimum Gasteiger partial charge on any atom is -0.484 e. The van der Waals surface area contributed by atoms with Crippen LogP contribution in [0.15, 0.2) is 71.6 Å². The van der Waals surface area contributed by atoms with Gasteiger partial charge >= 0.3 is 0 Å². The van der Waals surface area contributed by atoms with Crippen LogP contribution in [0.2, 0.25) is 10.0 Å². The van der Waals surface area contributed by atoms with Gasteiger partial charge in [-0.25, -0.2) is 0 Å². The first-order chi connectivity index (χ1) is 16.8. The molecule has 3 aromatic rings. The number of amides is 3. The number of halogens is 2. The van der Waals surface area contributed by atoms with Gasteiger partial charge in [0, 0.05) is 15.7 Å². The van der Waals surface area contributed by atoms with Crippen LogP contribution in [-0.4, -0.2) is 28.6 Å². The fourth-order valence-electron chi connectivity index (χ4n) is 3.34. The van der Waals surface area contributed by atoms with Crippen molar-refractivity contribution in [1.82, 2.24) is 4.90 Å².